The number of phosphoric ester groups is 1. The van der Waals surface area contributed by atoms with E-state index in [1.54, 1.807) is 22.8 Å². The molecule has 4 atom stereocenters. The highest BCUT2D eigenvalue weighted by molar-refractivity contribution is 7.46. The first-order valence-electron chi connectivity index (χ1n) is 6.50. The molecule has 0 aliphatic carbocycles. The van der Waals surface area contributed by atoms with Crippen molar-refractivity contribution in [3.63, 3.8) is 0 Å². The molecule has 0 bridgehead atoms. The Morgan fingerprint density at radius 3 is 2.73 bits per heavy atom. The van der Waals surface area contributed by atoms with Crippen LogP contribution in [0.3, 0.4) is 0 Å². The summed E-state index contributed by atoms with van der Waals surface area (Å²) in [4.78, 5) is 21.6. The lowest BCUT2D eigenvalue weighted by Crippen LogP contribution is -2.33. The number of fused-ring (bicyclic) bond motifs is 1. The molecule has 120 valence electrons. The number of aromatic nitrogens is 2. The van der Waals surface area contributed by atoms with E-state index in [9.17, 15) is 14.8 Å². The molecule has 0 saturated carbocycles. The van der Waals surface area contributed by atoms with Gasteiger partial charge in [-0.05, 0) is 12.1 Å². The number of benzene rings is 1. The van der Waals surface area contributed by atoms with Gasteiger partial charge in [-0.2, -0.15) is 0 Å². The Morgan fingerprint density at radius 1 is 1.27 bits per heavy atom. The summed E-state index contributed by atoms with van der Waals surface area (Å²) in [5.41, 5.74) is 1.40. The Labute approximate surface area is 125 Å². The summed E-state index contributed by atoms with van der Waals surface area (Å²) in [6, 6.07) is 7.19. The van der Waals surface area contributed by atoms with Crippen molar-refractivity contribution in [3.8, 4) is 0 Å². The molecule has 1 aliphatic rings. The van der Waals surface area contributed by atoms with E-state index in [-0.39, 0.29) is 0 Å². The van der Waals surface area contributed by atoms with Gasteiger partial charge in [-0.1, -0.05) is 12.1 Å². The number of rotatable bonds is 4. The predicted octanol–water partition coefficient (Wildman–Crippen LogP) is -0.235. The molecular weight excluding hydrogens is 315 g/mol. The smallest absolute Gasteiger partial charge is 0.387 e. The Hall–Kier alpha value is -1.32. The topological polar surface area (TPSA) is 134 Å². The van der Waals surface area contributed by atoms with Gasteiger partial charge in [0.05, 0.1) is 24.0 Å². The van der Waals surface area contributed by atoms with Crippen molar-refractivity contribution >= 4 is 18.9 Å². The number of hydrogen-bond donors (Lipinski definition) is 4. The van der Waals surface area contributed by atoms with Crippen molar-refractivity contribution in [3.05, 3.63) is 30.6 Å². The highest BCUT2D eigenvalue weighted by Crippen LogP contribution is 2.38. The fourth-order valence-corrected chi connectivity index (χ4v) is 2.79. The molecule has 22 heavy (non-hydrogen) atoms. The molecule has 1 aromatic heterocycles. The zero-order valence-electron chi connectivity index (χ0n) is 11.3. The molecule has 0 radical (unpaired) electrons. The van der Waals surface area contributed by atoms with Crippen LogP contribution in [0.25, 0.3) is 11.0 Å². The minimum atomic E-state index is -4.68. The monoisotopic (exact) mass is 330 g/mol. The van der Waals surface area contributed by atoms with E-state index in [1.165, 1.54) is 6.33 Å². The minimum Gasteiger partial charge on any atom is -0.387 e. The molecule has 1 aromatic carbocycles. The maximum absolute atomic E-state index is 10.7. The second-order valence-corrected chi connectivity index (χ2v) is 6.21. The molecule has 0 spiro atoms. The summed E-state index contributed by atoms with van der Waals surface area (Å²) in [6.45, 7) is -0.536. The summed E-state index contributed by atoms with van der Waals surface area (Å²) >= 11 is 0. The van der Waals surface area contributed by atoms with E-state index in [0.717, 1.165) is 0 Å². The van der Waals surface area contributed by atoms with Gasteiger partial charge in [0, 0.05) is 0 Å². The van der Waals surface area contributed by atoms with E-state index < -0.39 is 39.0 Å². The Balaban J connectivity index is 1.82. The minimum absolute atomic E-state index is 0.536. The van der Waals surface area contributed by atoms with Crippen molar-refractivity contribution in [1.29, 1.82) is 0 Å². The SMILES string of the molecule is O=P(O)(O)OCC1OC(n2cnc3ccccc32)C(O)C1O. The third-order valence-corrected chi connectivity index (χ3v) is 3.98. The first-order valence-corrected chi connectivity index (χ1v) is 8.03. The molecular formula is C12H15N2O7P. The average molecular weight is 330 g/mol. The predicted molar refractivity (Wildman–Crippen MR) is 73.7 cm³/mol. The average Bonchev–Trinajstić information content (AvgIpc) is 3.00. The van der Waals surface area contributed by atoms with Gasteiger partial charge in [-0.15, -0.1) is 0 Å². The lowest BCUT2D eigenvalue weighted by atomic mass is 10.1. The maximum atomic E-state index is 10.7. The van der Waals surface area contributed by atoms with Gasteiger partial charge in [0.2, 0.25) is 0 Å². The molecule has 9 nitrogen and oxygen atoms in total. The fourth-order valence-electron chi connectivity index (χ4n) is 2.45. The van der Waals surface area contributed by atoms with E-state index in [2.05, 4.69) is 9.51 Å². The zero-order valence-corrected chi connectivity index (χ0v) is 12.2. The quantitative estimate of drug-likeness (QED) is 0.565. The van der Waals surface area contributed by atoms with Gasteiger partial charge < -0.3 is 29.3 Å². The number of hydrogen-bond acceptors (Lipinski definition) is 6. The largest absolute Gasteiger partial charge is 0.469 e. The highest BCUT2D eigenvalue weighted by atomic mass is 31.2. The van der Waals surface area contributed by atoms with Crippen LogP contribution in [0.4, 0.5) is 0 Å². The normalized spacial score (nSPS) is 29.3. The number of aliphatic hydroxyl groups is 2. The second kappa shape index (κ2) is 5.71. The zero-order chi connectivity index (χ0) is 15.9. The van der Waals surface area contributed by atoms with Gasteiger partial charge in [-0.25, -0.2) is 9.55 Å². The van der Waals surface area contributed by atoms with E-state index in [4.69, 9.17) is 14.5 Å². The van der Waals surface area contributed by atoms with Crippen LogP contribution in [0.1, 0.15) is 6.23 Å². The molecule has 1 aliphatic heterocycles. The molecule has 2 heterocycles. The number of imidazole rings is 1. The van der Waals surface area contributed by atoms with Gasteiger partial charge >= 0.3 is 7.82 Å². The van der Waals surface area contributed by atoms with Crippen LogP contribution < -0.4 is 0 Å². The van der Waals surface area contributed by atoms with Gasteiger partial charge in [0.25, 0.3) is 0 Å². The highest BCUT2D eigenvalue weighted by Gasteiger charge is 2.44. The molecule has 3 rings (SSSR count). The summed E-state index contributed by atoms with van der Waals surface area (Å²) in [5, 5.41) is 20.1. The first-order chi connectivity index (χ1) is 10.4. The Morgan fingerprint density at radius 2 is 2.00 bits per heavy atom. The number of aliphatic hydroxyl groups excluding tert-OH is 2. The lowest BCUT2D eigenvalue weighted by molar-refractivity contribution is -0.0501. The third kappa shape index (κ3) is 2.92. The van der Waals surface area contributed by atoms with Crippen LogP contribution in [0.15, 0.2) is 30.6 Å². The molecule has 10 heteroatoms. The van der Waals surface area contributed by atoms with Crippen LogP contribution in [0, 0.1) is 0 Å². The maximum Gasteiger partial charge on any atom is 0.469 e. The van der Waals surface area contributed by atoms with Crippen molar-refractivity contribution in [1.82, 2.24) is 9.55 Å². The van der Waals surface area contributed by atoms with E-state index in [0.29, 0.717) is 11.0 Å². The van der Waals surface area contributed by atoms with Crippen LogP contribution in [-0.4, -0.2) is 54.5 Å². The molecule has 1 fully saturated rings. The van der Waals surface area contributed by atoms with Gasteiger partial charge in [0.15, 0.2) is 6.23 Å². The van der Waals surface area contributed by atoms with Crippen LogP contribution in [-0.2, 0) is 13.8 Å². The lowest BCUT2D eigenvalue weighted by Gasteiger charge is -2.17. The third-order valence-electron chi connectivity index (χ3n) is 3.50. The standard InChI is InChI=1S/C12H15N2O7P/c15-10-9(5-20-22(17,18)19)21-12(11(10)16)14-6-13-7-3-1-2-4-8(7)14/h1-4,6,9-12,15-16H,5H2,(H2,17,18,19). The summed E-state index contributed by atoms with van der Waals surface area (Å²) in [5.74, 6) is 0. The van der Waals surface area contributed by atoms with Crippen molar-refractivity contribution in [2.75, 3.05) is 6.61 Å². The van der Waals surface area contributed by atoms with E-state index in [1.807, 2.05) is 6.07 Å². The van der Waals surface area contributed by atoms with Gasteiger partial charge in [-0.3, -0.25) is 4.52 Å². The summed E-state index contributed by atoms with van der Waals surface area (Å²) in [6.07, 6.45) is -3.13. The summed E-state index contributed by atoms with van der Waals surface area (Å²) in [7, 11) is -4.68. The number of nitrogens with zero attached hydrogens (tertiary/aromatic N) is 2. The fraction of sp³-hybridized carbons (Fsp3) is 0.417. The molecule has 2 aromatic rings. The molecule has 4 unspecified atom stereocenters. The number of para-hydroxylation sites is 2. The van der Waals surface area contributed by atoms with Crippen LogP contribution in [0.5, 0.6) is 0 Å². The van der Waals surface area contributed by atoms with Gasteiger partial charge in [0.1, 0.15) is 18.3 Å². The Bertz CT molecular complexity index is 714. The van der Waals surface area contributed by atoms with Crippen molar-refractivity contribution in [2.45, 2.75) is 24.5 Å². The van der Waals surface area contributed by atoms with E-state index >= 15 is 0 Å². The van der Waals surface area contributed by atoms with Crippen molar-refractivity contribution in [2.24, 2.45) is 0 Å². The van der Waals surface area contributed by atoms with Crippen LogP contribution in [0.2, 0.25) is 0 Å². The Kier molecular flexibility index (Phi) is 4.04. The molecule has 4 N–H and O–H groups in total. The molecule has 1 saturated heterocycles. The number of phosphoric acid groups is 1. The number of ether oxygens (including phenoxy) is 1. The van der Waals surface area contributed by atoms with Crippen LogP contribution >= 0.6 is 7.82 Å². The first kappa shape index (κ1) is 15.6. The second-order valence-electron chi connectivity index (χ2n) is 4.97. The van der Waals surface area contributed by atoms with Crippen molar-refractivity contribution < 1.29 is 33.8 Å². The summed E-state index contributed by atoms with van der Waals surface area (Å²) < 4.78 is 22.1. The molecule has 0 amide bonds.